The van der Waals surface area contributed by atoms with Crippen LogP contribution in [0.4, 0.5) is 28.9 Å². The summed E-state index contributed by atoms with van der Waals surface area (Å²) in [5.41, 5.74) is -0.922. The Morgan fingerprint density at radius 2 is 2.10 bits per heavy atom. The number of carbonyl (C=O) groups excluding carboxylic acids is 1. The molecule has 12 heteroatoms. The number of hydrogen-bond acceptors (Lipinski definition) is 5. The molecule has 1 amide bonds. The van der Waals surface area contributed by atoms with Crippen LogP contribution in [0, 0.1) is 0 Å². The average molecular weight is 463 g/mol. The molecule has 2 atom stereocenters. The lowest BCUT2D eigenvalue weighted by Gasteiger charge is -2.18. The smallest absolute Gasteiger partial charge is 0.416 e. The highest BCUT2D eigenvalue weighted by Crippen LogP contribution is 2.35. The van der Waals surface area contributed by atoms with Crippen LogP contribution in [0.3, 0.4) is 0 Å². The van der Waals surface area contributed by atoms with Gasteiger partial charge >= 0.3 is 6.18 Å². The summed E-state index contributed by atoms with van der Waals surface area (Å²) >= 11 is 3.88. The van der Waals surface area contributed by atoms with Gasteiger partial charge in [0.15, 0.2) is 6.17 Å². The Hall–Kier alpha value is -2.34. The van der Waals surface area contributed by atoms with E-state index in [9.17, 15) is 26.9 Å². The first-order valence-corrected chi connectivity index (χ1v) is 10.1. The van der Waals surface area contributed by atoms with Crippen LogP contribution in [0.25, 0.3) is 0 Å². The van der Waals surface area contributed by atoms with Gasteiger partial charge in [-0.15, -0.1) is 5.14 Å². The van der Waals surface area contributed by atoms with Crippen LogP contribution in [-0.4, -0.2) is 29.4 Å². The molecule has 6 nitrogen and oxygen atoms in total. The molecule has 0 fully saturated rings. The minimum atomic E-state index is -4.67. The van der Waals surface area contributed by atoms with Gasteiger partial charge in [0.25, 0.3) is 0 Å². The summed E-state index contributed by atoms with van der Waals surface area (Å²) in [5.74, 6) is -0.766. The lowest BCUT2D eigenvalue weighted by molar-refractivity contribution is -0.138. The van der Waals surface area contributed by atoms with Gasteiger partial charge in [-0.05, 0) is 29.8 Å². The Labute approximate surface area is 177 Å². The third kappa shape index (κ3) is 5.04. The highest BCUT2D eigenvalue weighted by molar-refractivity contribution is 7.89. The second-order valence-electron chi connectivity index (χ2n) is 6.33. The zero-order valence-corrected chi connectivity index (χ0v) is 16.7. The minimum Gasteiger partial charge on any atom is -0.593 e. The van der Waals surface area contributed by atoms with E-state index in [1.165, 1.54) is 29.3 Å². The largest absolute Gasteiger partial charge is 0.593 e. The molecule has 1 heterocycles. The van der Waals surface area contributed by atoms with Gasteiger partial charge in [0.1, 0.15) is 5.69 Å². The Bertz CT molecular complexity index is 987. The van der Waals surface area contributed by atoms with Crippen molar-refractivity contribution in [3.05, 3.63) is 52.5 Å². The number of nitrogens with two attached hydrogens (primary N) is 1. The maximum absolute atomic E-state index is 13.4. The molecule has 2 unspecified atom stereocenters. The Kier molecular flexibility index (Phi) is 6.56. The monoisotopic (exact) mass is 462 g/mol. The van der Waals surface area contributed by atoms with Gasteiger partial charge in [0.05, 0.1) is 36.1 Å². The van der Waals surface area contributed by atoms with Crippen molar-refractivity contribution in [1.29, 1.82) is 0 Å². The highest BCUT2D eigenvalue weighted by atomic mass is 35.5. The number of carbonyl (C=O) groups is 1. The van der Waals surface area contributed by atoms with Gasteiger partial charge in [0.2, 0.25) is 10.8 Å². The summed E-state index contributed by atoms with van der Waals surface area (Å²) in [5, 5.41) is 12.8. The number of hydrazone groups is 1. The fourth-order valence-electron chi connectivity index (χ4n) is 2.91. The van der Waals surface area contributed by atoms with Crippen molar-refractivity contribution >= 4 is 46.5 Å². The molecular weight excluding hydrogens is 448 g/mol. The van der Waals surface area contributed by atoms with E-state index in [0.29, 0.717) is 0 Å². The van der Waals surface area contributed by atoms with E-state index in [4.69, 9.17) is 16.7 Å². The predicted molar refractivity (Wildman–Crippen MR) is 107 cm³/mol. The maximum atomic E-state index is 13.4. The molecule has 0 aromatic heterocycles. The number of benzene rings is 2. The molecule has 3 rings (SSSR count). The molecule has 0 bridgehead atoms. The summed E-state index contributed by atoms with van der Waals surface area (Å²) in [6, 6.07) is 7.40. The molecule has 2 aromatic rings. The van der Waals surface area contributed by atoms with E-state index in [2.05, 4.69) is 10.4 Å². The molecule has 2 aromatic carbocycles. The molecule has 30 heavy (non-hydrogen) atoms. The second-order valence-corrected chi connectivity index (χ2v) is 7.77. The quantitative estimate of drug-likeness (QED) is 0.523. The van der Waals surface area contributed by atoms with Crippen LogP contribution in [0.15, 0.2) is 46.4 Å². The number of rotatable bonds is 5. The Morgan fingerprint density at radius 3 is 2.70 bits per heavy atom. The van der Waals surface area contributed by atoms with E-state index >= 15 is 0 Å². The first kappa shape index (κ1) is 22.3. The molecule has 0 saturated heterocycles. The van der Waals surface area contributed by atoms with Crippen molar-refractivity contribution in [1.82, 2.24) is 0 Å². The first-order valence-electron chi connectivity index (χ1n) is 8.46. The molecule has 0 saturated carbocycles. The summed E-state index contributed by atoms with van der Waals surface area (Å²) in [4.78, 5) is 12.4. The van der Waals surface area contributed by atoms with E-state index in [1.807, 2.05) is 0 Å². The van der Waals surface area contributed by atoms with Crippen LogP contribution in [0.1, 0.15) is 11.1 Å². The Balaban J connectivity index is 1.81. The number of amides is 1. The van der Waals surface area contributed by atoms with Crippen molar-refractivity contribution in [3.63, 3.8) is 0 Å². The number of alkyl halides is 4. The Morgan fingerprint density at radius 1 is 1.37 bits per heavy atom. The summed E-state index contributed by atoms with van der Waals surface area (Å²) in [6.07, 6.45) is -5.50. The van der Waals surface area contributed by atoms with Crippen molar-refractivity contribution in [2.45, 2.75) is 23.7 Å². The van der Waals surface area contributed by atoms with E-state index in [-0.39, 0.29) is 33.4 Å². The molecule has 160 valence electrons. The summed E-state index contributed by atoms with van der Waals surface area (Å²) < 4.78 is 64.8. The van der Waals surface area contributed by atoms with Gasteiger partial charge in [0, 0.05) is 16.8 Å². The second kappa shape index (κ2) is 8.80. The summed E-state index contributed by atoms with van der Waals surface area (Å²) in [6.45, 7) is -0.0807. The lowest BCUT2D eigenvalue weighted by Crippen LogP contribution is -2.23. The van der Waals surface area contributed by atoms with Crippen molar-refractivity contribution in [2.75, 3.05) is 16.9 Å². The SMILES string of the molecule is N[S+]([O-])c1cc(NC(=O)Cc2c(Cl)cccc2C(F)(F)F)ccc1N1CC(F)C=N1. The molecule has 0 aliphatic carbocycles. The third-order valence-corrected chi connectivity index (χ3v) is 5.33. The molecule has 3 N–H and O–H groups in total. The summed E-state index contributed by atoms with van der Waals surface area (Å²) in [7, 11) is 0. The van der Waals surface area contributed by atoms with Crippen LogP contribution in [-0.2, 0) is 28.8 Å². The van der Waals surface area contributed by atoms with Crippen molar-refractivity contribution < 1.29 is 26.9 Å². The normalized spacial score (nSPS) is 17.3. The van der Waals surface area contributed by atoms with Crippen molar-refractivity contribution in [2.24, 2.45) is 10.2 Å². The minimum absolute atomic E-state index is 0.0766. The van der Waals surface area contributed by atoms with Gasteiger partial charge in [-0.2, -0.15) is 18.3 Å². The van der Waals surface area contributed by atoms with Crippen molar-refractivity contribution in [3.8, 4) is 0 Å². The van der Waals surface area contributed by atoms with Gasteiger partial charge in [-0.3, -0.25) is 9.80 Å². The van der Waals surface area contributed by atoms with E-state index in [0.717, 1.165) is 18.3 Å². The lowest BCUT2D eigenvalue weighted by atomic mass is 10.0. The highest BCUT2D eigenvalue weighted by Gasteiger charge is 2.34. The predicted octanol–water partition coefficient (Wildman–Crippen LogP) is 3.67. The van der Waals surface area contributed by atoms with E-state index < -0.39 is 41.6 Å². The molecular formula is C18H15ClF4N4O2S. The molecule has 1 aliphatic rings. The molecule has 1 aliphatic heterocycles. The zero-order chi connectivity index (χ0) is 22.1. The first-order chi connectivity index (χ1) is 14.1. The maximum Gasteiger partial charge on any atom is 0.416 e. The standard InChI is InChI=1S/C18H15ClF4N4O2S/c19-14-3-1-2-13(18(21,22)23)12(14)7-17(28)26-11-4-5-15(16(6-11)30(24)29)27-9-10(20)8-25-27/h1-6,8,10H,7,9,24H2,(H,26,28). The van der Waals surface area contributed by atoms with Gasteiger partial charge < -0.3 is 9.87 Å². The van der Waals surface area contributed by atoms with Gasteiger partial charge in [-0.25, -0.2) is 4.39 Å². The van der Waals surface area contributed by atoms with Crippen LogP contribution < -0.4 is 15.5 Å². The van der Waals surface area contributed by atoms with Crippen LogP contribution in [0.5, 0.6) is 0 Å². The number of hydrogen-bond donors (Lipinski definition) is 2. The number of nitrogens with zero attached hydrogens (tertiary/aromatic N) is 2. The van der Waals surface area contributed by atoms with Gasteiger partial charge in [-0.1, -0.05) is 17.7 Å². The number of anilines is 2. The molecule has 0 radical (unpaired) electrons. The average Bonchev–Trinajstić information content (AvgIpc) is 3.08. The topological polar surface area (TPSA) is 93.8 Å². The van der Waals surface area contributed by atoms with Crippen LogP contribution >= 0.6 is 11.6 Å². The van der Waals surface area contributed by atoms with Crippen LogP contribution in [0.2, 0.25) is 5.02 Å². The zero-order valence-electron chi connectivity index (χ0n) is 15.1. The number of nitrogens with one attached hydrogen (secondary N) is 1. The fourth-order valence-corrected chi connectivity index (χ4v) is 3.77. The fraction of sp³-hybridized carbons (Fsp3) is 0.222. The third-order valence-electron chi connectivity index (χ3n) is 4.22. The van der Waals surface area contributed by atoms with E-state index in [1.54, 1.807) is 0 Å². The number of halogens is 5. The molecule has 0 spiro atoms.